The molecule has 0 fully saturated rings. The zero-order chi connectivity index (χ0) is 18.6. The van der Waals surface area contributed by atoms with Crippen molar-refractivity contribution >= 4 is 0 Å². The molecule has 1 N–H and O–H groups in total. The lowest BCUT2D eigenvalue weighted by molar-refractivity contribution is 0.170. The van der Waals surface area contributed by atoms with E-state index in [9.17, 15) is 0 Å². The molecule has 2 atom stereocenters. The Labute approximate surface area is 154 Å². The lowest BCUT2D eigenvalue weighted by Crippen LogP contribution is -2.27. The molecule has 1 nitrogen and oxygen atoms in total. The topological polar surface area (TPSA) is 12.0 Å². The van der Waals surface area contributed by atoms with Crippen LogP contribution in [0.25, 0.3) is 0 Å². The summed E-state index contributed by atoms with van der Waals surface area (Å²) < 4.78 is 0. The maximum Gasteiger partial charge on any atom is -0.00491 e. The number of nitrogens with one attached hydrogen (secondary N) is 1. The van der Waals surface area contributed by atoms with Crippen molar-refractivity contribution < 1.29 is 0 Å². The van der Waals surface area contributed by atoms with Crippen LogP contribution in [0.4, 0.5) is 0 Å². The van der Waals surface area contributed by atoms with Crippen molar-refractivity contribution in [3.8, 4) is 0 Å². The summed E-state index contributed by atoms with van der Waals surface area (Å²) in [6.45, 7) is 19.9. The molecule has 0 radical (unpaired) electrons. The van der Waals surface area contributed by atoms with Gasteiger partial charge in [0.1, 0.15) is 0 Å². The smallest absolute Gasteiger partial charge is 0.00491 e. The molecule has 2 unspecified atom stereocenters. The quantitative estimate of drug-likeness (QED) is 0.311. The van der Waals surface area contributed by atoms with E-state index in [-0.39, 0.29) is 0 Å². The number of allylic oxidation sites excluding steroid dienone is 1. The maximum atomic E-state index is 4.38. The van der Waals surface area contributed by atoms with Crippen LogP contribution >= 0.6 is 0 Å². The van der Waals surface area contributed by atoms with Gasteiger partial charge in [0.05, 0.1) is 0 Å². The van der Waals surface area contributed by atoms with Crippen LogP contribution in [-0.4, -0.2) is 13.6 Å². The lowest BCUT2D eigenvalue weighted by atomic mass is 9.71. The van der Waals surface area contributed by atoms with Crippen LogP contribution in [0.5, 0.6) is 0 Å². The van der Waals surface area contributed by atoms with Gasteiger partial charge in [-0.25, -0.2) is 0 Å². The summed E-state index contributed by atoms with van der Waals surface area (Å²) in [4.78, 5) is 0. The molecule has 0 heterocycles. The van der Waals surface area contributed by atoms with Gasteiger partial charge in [-0.2, -0.15) is 0 Å². The van der Waals surface area contributed by atoms with Gasteiger partial charge in [-0.1, -0.05) is 79.4 Å². The molecule has 0 amide bonds. The van der Waals surface area contributed by atoms with Gasteiger partial charge in [0, 0.05) is 0 Å². The van der Waals surface area contributed by atoms with E-state index in [2.05, 4.69) is 60.5 Å². The van der Waals surface area contributed by atoms with Crippen LogP contribution in [0, 0.1) is 23.2 Å². The van der Waals surface area contributed by atoms with Crippen molar-refractivity contribution in [1.29, 1.82) is 0 Å². The Kier molecular flexibility index (Phi) is 12.8. The molecule has 0 rings (SSSR count). The van der Waals surface area contributed by atoms with E-state index in [1.165, 1.54) is 63.4 Å². The molecule has 0 bridgehead atoms. The van der Waals surface area contributed by atoms with Gasteiger partial charge >= 0.3 is 0 Å². The Morgan fingerprint density at radius 3 is 2.17 bits per heavy atom. The van der Waals surface area contributed by atoms with Gasteiger partial charge in [0.15, 0.2) is 0 Å². The Morgan fingerprint density at radius 2 is 1.62 bits per heavy atom. The van der Waals surface area contributed by atoms with E-state index in [1.807, 2.05) is 0 Å². The number of hydrogen-bond donors (Lipinski definition) is 1. The zero-order valence-corrected chi connectivity index (χ0v) is 18.0. The van der Waals surface area contributed by atoms with Gasteiger partial charge < -0.3 is 5.32 Å². The molecule has 0 aliphatic heterocycles. The highest BCUT2D eigenvalue weighted by atomic mass is 14.8. The molecule has 0 aromatic rings. The zero-order valence-electron chi connectivity index (χ0n) is 18.0. The number of rotatable bonds is 15. The molecular weight excluding hydrogens is 290 g/mol. The van der Waals surface area contributed by atoms with Gasteiger partial charge in [-0.3, -0.25) is 0 Å². The van der Waals surface area contributed by atoms with Crippen molar-refractivity contribution in [3.63, 3.8) is 0 Å². The molecule has 0 aliphatic rings. The molecule has 0 spiro atoms. The van der Waals surface area contributed by atoms with Gasteiger partial charge in [0.25, 0.3) is 0 Å². The summed E-state index contributed by atoms with van der Waals surface area (Å²) in [5.41, 5.74) is 1.90. The standard InChI is InChI=1S/C23H47N/c1-9-10-22(16-18-24-8)23(6,7)17-15-21(5)14-13-20(4)12-11-19(2)3/h19-20,22,24H,5,9-18H2,1-4,6-8H3. The second-order valence-electron chi connectivity index (χ2n) is 9.23. The van der Waals surface area contributed by atoms with E-state index < -0.39 is 0 Å². The predicted octanol–water partition coefficient (Wildman–Crippen LogP) is 7.23. The average molecular weight is 338 g/mol. The van der Waals surface area contributed by atoms with Gasteiger partial charge in [-0.05, 0) is 68.9 Å². The largest absolute Gasteiger partial charge is 0.320 e. The summed E-state index contributed by atoms with van der Waals surface area (Å²) in [7, 11) is 2.07. The summed E-state index contributed by atoms with van der Waals surface area (Å²) in [5, 5.41) is 3.33. The highest BCUT2D eigenvalue weighted by molar-refractivity contribution is 4.96. The molecule has 0 aliphatic carbocycles. The first-order valence-corrected chi connectivity index (χ1v) is 10.5. The van der Waals surface area contributed by atoms with E-state index in [1.54, 1.807) is 0 Å². The van der Waals surface area contributed by atoms with Crippen molar-refractivity contribution in [3.05, 3.63) is 12.2 Å². The van der Waals surface area contributed by atoms with Crippen molar-refractivity contribution in [2.24, 2.45) is 23.2 Å². The fourth-order valence-electron chi connectivity index (χ4n) is 3.63. The third kappa shape index (κ3) is 11.3. The van der Waals surface area contributed by atoms with Crippen molar-refractivity contribution in [1.82, 2.24) is 5.32 Å². The lowest BCUT2D eigenvalue weighted by Gasteiger charge is -2.35. The Balaban J connectivity index is 4.20. The minimum absolute atomic E-state index is 0.430. The first kappa shape index (κ1) is 23.7. The molecule has 24 heavy (non-hydrogen) atoms. The Hall–Kier alpha value is -0.300. The Morgan fingerprint density at radius 1 is 0.958 bits per heavy atom. The van der Waals surface area contributed by atoms with Crippen LogP contribution in [-0.2, 0) is 0 Å². The van der Waals surface area contributed by atoms with Gasteiger partial charge in [0.2, 0.25) is 0 Å². The fourth-order valence-corrected chi connectivity index (χ4v) is 3.63. The van der Waals surface area contributed by atoms with Crippen LogP contribution in [0.3, 0.4) is 0 Å². The molecule has 0 saturated carbocycles. The second-order valence-corrected chi connectivity index (χ2v) is 9.23. The number of hydrogen-bond acceptors (Lipinski definition) is 1. The maximum absolute atomic E-state index is 4.38. The minimum Gasteiger partial charge on any atom is -0.320 e. The summed E-state index contributed by atoms with van der Waals surface area (Å²) in [5.74, 6) is 2.51. The second kappa shape index (κ2) is 13.0. The fraction of sp³-hybridized carbons (Fsp3) is 0.913. The van der Waals surface area contributed by atoms with Gasteiger partial charge in [-0.15, -0.1) is 0 Å². The van der Waals surface area contributed by atoms with E-state index >= 15 is 0 Å². The highest BCUT2D eigenvalue weighted by Gasteiger charge is 2.28. The summed E-state index contributed by atoms with van der Waals surface area (Å²) in [6.07, 6.45) is 11.7. The minimum atomic E-state index is 0.430. The molecular formula is C23H47N. The van der Waals surface area contributed by atoms with Crippen molar-refractivity contribution in [2.45, 2.75) is 99.3 Å². The monoisotopic (exact) mass is 337 g/mol. The highest BCUT2D eigenvalue weighted by Crippen LogP contribution is 2.38. The van der Waals surface area contributed by atoms with Crippen LogP contribution in [0.1, 0.15) is 99.3 Å². The van der Waals surface area contributed by atoms with E-state index in [0.29, 0.717) is 5.41 Å². The molecule has 0 aromatic carbocycles. The van der Waals surface area contributed by atoms with Crippen LogP contribution in [0.15, 0.2) is 12.2 Å². The summed E-state index contributed by atoms with van der Waals surface area (Å²) >= 11 is 0. The third-order valence-corrected chi connectivity index (χ3v) is 5.84. The molecule has 1 heteroatoms. The van der Waals surface area contributed by atoms with E-state index in [0.717, 1.165) is 24.3 Å². The Bertz CT molecular complexity index is 316. The normalized spacial score (nSPS) is 14.8. The van der Waals surface area contributed by atoms with Crippen LogP contribution < -0.4 is 5.32 Å². The van der Waals surface area contributed by atoms with E-state index in [4.69, 9.17) is 0 Å². The molecule has 144 valence electrons. The first-order chi connectivity index (χ1) is 11.2. The predicted molar refractivity (Wildman–Crippen MR) is 112 cm³/mol. The first-order valence-electron chi connectivity index (χ1n) is 10.5. The van der Waals surface area contributed by atoms with Crippen LogP contribution in [0.2, 0.25) is 0 Å². The third-order valence-electron chi connectivity index (χ3n) is 5.84. The molecule has 0 aromatic heterocycles. The summed E-state index contributed by atoms with van der Waals surface area (Å²) in [6, 6.07) is 0. The molecule has 0 saturated heterocycles. The average Bonchev–Trinajstić information content (AvgIpc) is 2.52. The van der Waals surface area contributed by atoms with Crippen molar-refractivity contribution in [2.75, 3.05) is 13.6 Å². The SMILES string of the molecule is C=C(CCC(C)CCC(C)C)CCC(C)(C)C(CCC)CCNC.